The molecule has 0 radical (unpaired) electrons. The number of nitrogens with one attached hydrogen (secondary N) is 1. The molecule has 2 unspecified atom stereocenters. The van der Waals surface area contributed by atoms with Crippen molar-refractivity contribution in [1.29, 1.82) is 0 Å². The van der Waals surface area contributed by atoms with Gasteiger partial charge in [-0.25, -0.2) is 9.36 Å². The number of amides is 2. The summed E-state index contributed by atoms with van der Waals surface area (Å²) in [6, 6.07) is 8.26. The van der Waals surface area contributed by atoms with E-state index in [-0.39, 0.29) is 13.2 Å². The number of rotatable bonds is 4. The number of piperidine rings is 1. The third kappa shape index (κ3) is 3.41. The van der Waals surface area contributed by atoms with Gasteiger partial charge in [-0.15, -0.1) is 0 Å². The predicted molar refractivity (Wildman–Crippen MR) is 78.6 cm³/mol. The van der Waals surface area contributed by atoms with E-state index in [0.717, 1.165) is 10.2 Å². The second kappa shape index (κ2) is 6.83. The summed E-state index contributed by atoms with van der Waals surface area (Å²) in [7, 11) is -0.487. The van der Waals surface area contributed by atoms with E-state index in [9.17, 15) is 14.2 Å². The van der Waals surface area contributed by atoms with Crippen molar-refractivity contribution in [1.82, 2.24) is 9.99 Å². The lowest BCUT2D eigenvalue weighted by molar-refractivity contribution is -0.136. The lowest BCUT2D eigenvalue weighted by Gasteiger charge is -2.40. The van der Waals surface area contributed by atoms with E-state index in [0.29, 0.717) is 6.42 Å². The first-order valence-corrected chi connectivity index (χ1v) is 7.42. The van der Waals surface area contributed by atoms with Crippen LogP contribution in [0.5, 0.6) is 0 Å². The highest BCUT2D eigenvalue weighted by atomic mass is 31.1. The first kappa shape index (κ1) is 16.4. The Bertz CT molecular complexity index is 570. The van der Waals surface area contributed by atoms with Gasteiger partial charge in [0, 0.05) is 6.54 Å². The standard InChI is InChI=1S/C13H17N4O4P/c14-10-6-7-17(22-20)11(18)13(10,15)16-12(19)21-8-9-4-2-1-3-5-9/h1-5,10H,6-8,14-15H2,(H,16,19). The Morgan fingerprint density at radius 3 is 2.77 bits per heavy atom. The molecule has 1 fully saturated rings. The Hall–Kier alpha value is -2.02. The number of hydrogen-bond acceptors (Lipinski definition) is 6. The third-order valence-corrected chi connectivity index (χ3v) is 4.02. The van der Waals surface area contributed by atoms with Crippen LogP contribution in [-0.2, 0) is 20.7 Å². The fourth-order valence-corrected chi connectivity index (χ4v) is 2.55. The van der Waals surface area contributed by atoms with Gasteiger partial charge in [-0.05, 0) is 12.0 Å². The first-order chi connectivity index (χ1) is 10.5. The molecule has 1 aromatic rings. The van der Waals surface area contributed by atoms with Crippen molar-refractivity contribution in [3.8, 4) is 0 Å². The highest BCUT2D eigenvalue weighted by Gasteiger charge is 2.48. The fourth-order valence-electron chi connectivity index (χ4n) is 2.11. The van der Waals surface area contributed by atoms with E-state index in [1.807, 2.05) is 18.2 Å². The van der Waals surface area contributed by atoms with E-state index >= 15 is 0 Å². The quantitative estimate of drug-likeness (QED) is 0.541. The maximum Gasteiger partial charge on any atom is 0.409 e. The van der Waals surface area contributed by atoms with E-state index in [2.05, 4.69) is 5.32 Å². The lowest BCUT2D eigenvalue weighted by atomic mass is 9.94. The molecule has 1 aliphatic rings. The molecule has 9 heteroatoms. The molecule has 0 aromatic heterocycles. The van der Waals surface area contributed by atoms with Gasteiger partial charge in [-0.2, -0.15) is 0 Å². The molecule has 1 aromatic carbocycles. The van der Waals surface area contributed by atoms with Crippen LogP contribution in [0.3, 0.4) is 0 Å². The normalized spacial score (nSPS) is 25.1. The molecule has 0 aliphatic carbocycles. The Morgan fingerprint density at radius 2 is 2.14 bits per heavy atom. The minimum atomic E-state index is -1.83. The molecule has 0 spiro atoms. The molecule has 2 rings (SSSR count). The molecule has 8 nitrogen and oxygen atoms in total. The largest absolute Gasteiger partial charge is 0.445 e. The molecular formula is C13H17N4O4P. The highest BCUT2D eigenvalue weighted by molar-refractivity contribution is 7.21. The SMILES string of the molecule is NC1CCN(P=O)C(=O)C1(N)NC(=O)OCc1ccccc1. The van der Waals surface area contributed by atoms with Gasteiger partial charge >= 0.3 is 6.09 Å². The van der Waals surface area contributed by atoms with Crippen molar-refractivity contribution in [2.45, 2.75) is 24.7 Å². The number of benzene rings is 1. The second-order valence-corrected chi connectivity index (χ2v) is 5.61. The first-order valence-electron chi connectivity index (χ1n) is 6.66. The fraction of sp³-hybridized carbons (Fsp3) is 0.385. The molecule has 22 heavy (non-hydrogen) atoms. The number of ether oxygens (including phenoxy) is 1. The zero-order chi connectivity index (χ0) is 16.2. The van der Waals surface area contributed by atoms with E-state index < -0.39 is 32.3 Å². The summed E-state index contributed by atoms with van der Waals surface area (Å²) in [6.07, 6.45) is -0.546. The summed E-state index contributed by atoms with van der Waals surface area (Å²) in [6.45, 7) is 0.250. The molecule has 1 aliphatic heterocycles. The molecule has 2 atom stereocenters. The summed E-state index contributed by atoms with van der Waals surface area (Å²) in [4.78, 5) is 24.0. The number of hydrogen-bond donors (Lipinski definition) is 3. The van der Waals surface area contributed by atoms with Crippen LogP contribution in [0.1, 0.15) is 12.0 Å². The van der Waals surface area contributed by atoms with Gasteiger partial charge in [0.1, 0.15) is 6.61 Å². The maximum absolute atomic E-state index is 12.1. The van der Waals surface area contributed by atoms with Gasteiger partial charge in [-0.3, -0.25) is 20.5 Å². The summed E-state index contributed by atoms with van der Waals surface area (Å²) < 4.78 is 16.9. The Labute approximate surface area is 129 Å². The maximum atomic E-state index is 12.1. The number of nitrogens with zero attached hydrogens (tertiary/aromatic N) is 1. The number of alkyl carbamates (subject to hydrolysis) is 1. The van der Waals surface area contributed by atoms with Gasteiger partial charge in [0.2, 0.25) is 0 Å². The van der Waals surface area contributed by atoms with Crippen LogP contribution >= 0.6 is 8.61 Å². The van der Waals surface area contributed by atoms with E-state index in [1.54, 1.807) is 12.1 Å². The van der Waals surface area contributed by atoms with Crippen LogP contribution in [0.25, 0.3) is 0 Å². The zero-order valence-electron chi connectivity index (χ0n) is 11.8. The van der Waals surface area contributed by atoms with Crippen LogP contribution in [0.2, 0.25) is 0 Å². The topological polar surface area (TPSA) is 128 Å². The van der Waals surface area contributed by atoms with Gasteiger partial charge in [0.25, 0.3) is 14.5 Å². The molecule has 5 N–H and O–H groups in total. The van der Waals surface area contributed by atoms with Gasteiger partial charge in [0.15, 0.2) is 5.66 Å². The van der Waals surface area contributed by atoms with Crippen LogP contribution in [0.15, 0.2) is 30.3 Å². The predicted octanol–water partition coefficient (Wildman–Crippen LogP) is 0.334. The summed E-state index contributed by atoms with van der Waals surface area (Å²) in [5.74, 6) is -0.709. The van der Waals surface area contributed by atoms with Crippen molar-refractivity contribution >= 4 is 20.6 Å². The second-order valence-electron chi connectivity index (χ2n) is 4.96. The van der Waals surface area contributed by atoms with Gasteiger partial charge in [-0.1, -0.05) is 30.3 Å². The van der Waals surface area contributed by atoms with Gasteiger partial charge < -0.3 is 10.5 Å². The molecule has 1 saturated heterocycles. The summed E-state index contributed by atoms with van der Waals surface area (Å²) >= 11 is 0. The lowest BCUT2D eigenvalue weighted by Crippen LogP contribution is -2.75. The molecule has 1 heterocycles. The minimum absolute atomic E-state index is 0.0374. The van der Waals surface area contributed by atoms with Crippen LogP contribution in [-0.4, -0.2) is 34.9 Å². The molecule has 118 valence electrons. The Morgan fingerprint density at radius 1 is 1.45 bits per heavy atom. The van der Waals surface area contributed by atoms with Crippen LogP contribution in [0, 0.1) is 0 Å². The van der Waals surface area contributed by atoms with E-state index in [4.69, 9.17) is 16.2 Å². The van der Waals surface area contributed by atoms with Crippen molar-refractivity contribution in [2.75, 3.05) is 6.54 Å². The molecule has 0 bridgehead atoms. The Balaban J connectivity index is 1.99. The zero-order valence-corrected chi connectivity index (χ0v) is 12.7. The average Bonchev–Trinajstić information content (AvgIpc) is 2.52. The number of carbonyl (C=O) groups excluding carboxylic acids is 2. The monoisotopic (exact) mass is 324 g/mol. The number of carbonyl (C=O) groups is 2. The summed E-state index contributed by atoms with van der Waals surface area (Å²) in [5, 5.41) is 2.29. The molecule has 2 amide bonds. The molecular weight excluding hydrogens is 307 g/mol. The van der Waals surface area contributed by atoms with Crippen molar-refractivity contribution in [3.63, 3.8) is 0 Å². The molecule has 0 saturated carbocycles. The van der Waals surface area contributed by atoms with Crippen molar-refractivity contribution < 1.29 is 18.9 Å². The van der Waals surface area contributed by atoms with Gasteiger partial charge in [0.05, 0.1) is 6.04 Å². The van der Waals surface area contributed by atoms with Crippen LogP contribution < -0.4 is 16.8 Å². The van der Waals surface area contributed by atoms with Crippen molar-refractivity contribution in [3.05, 3.63) is 35.9 Å². The highest BCUT2D eigenvalue weighted by Crippen LogP contribution is 2.22. The number of nitrogens with two attached hydrogens (primary N) is 2. The summed E-state index contributed by atoms with van der Waals surface area (Å²) in [5.41, 5.74) is 10.7. The average molecular weight is 324 g/mol. The Kier molecular flexibility index (Phi) is 5.07. The minimum Gasteiger partial charge on any atom is -0.445 e. The third-order valence-electron chi connectivity index (χ3n) is 3.45. The smallest absolute Gasteiger partial charge is 0.409 e. The van der Waals surface area contributed by atoms with Crippen molar-refractivity contribution in [2.24, 2.45) is 11.5 Å². The van der Waals surface area contributed by atoms with E-state index in [1.165, 1.54) is 0 Å². The van der Waals surface area contributed by atoms with Crippen LogP contribution in [0.4, 0.5) is 4.79 Å².